The van der Waals surface area contributed by atoms with E-state index >= 15 is 0 Å². The van der Waals surface area contributed by atoms with E-state index in [1.807, 2.05) is 6.92 Å². The second-order valence-corrected chi connectivity index (χ2v) is 5.54. The van der Waals surface area contributed by atoms with Gasteiger partial charge in [-0.15, -0.1) is 0 Å². The topological polar surface area (TPSA) is 89.4 Å². The van der Waals surface area contributed by atoms with E-state index in [4.69, 9.17) is 11.5 Å². The molecule has 0 amide bonds. The van der Waals surface area contributed by atoms with E-state index in [2.05, 4.69) is 24.4 Å². The molecule has 0 spiro atoms. The molecule has 14 heavy (non-hydrogen) atoms. The van der Waals surface area contributed by atoms with E-state index in [1.54, 1.807) is 0 Å². The lowest BCUT2D eigenvalue weighted by molar-refractivity contribution is 0.523. The SMILES string of the molecule is CCCCN(C(N)=S)S(=O)(=O)C(N)=S. The van der Waals surface area contributed by atoms with Crippen LogP contribution in [0, 0.1) is 0 Å². The molecule has 5 nitrogen and oxygen atoms in total. The van der Waals surface area contributed by atoms with Crippen molar-refractivity contribution in [3.63, 3.8) is 0 Å². The highest BCUT2D eigenvalue weighted by atomic mass is 32.2. The molecule has 0 aromatic rings. The number of nitrogens with two attached hydrogens (primary N) is 2. The molecule has 0 aliphatic carbocycles. The molecule has 0 aromatic heterocycles. The van der Waals surface area contributed by atoms with Gasteiger partial charge in [0.1, 0.15) is 0 Å². The molecule has 4 N–H and O–H groups in total. The van der Waals surface area contributed by atoms with Gasteiger partial charge in [-0.2, -0.15) is 8.42 Å². The van der Waals surface area contributed by atoms with Crippen LogP contribution in [0.1, 0.15) is 19.8 Å². The molecule has 0 saturated heterocycles. The van der Waals surface area contributed by atoms with Crippen molar-refractivity contribution in [3.05, 3.63) is 0 Å². The van der Waals surface area contributed by atoms with Gasteiger partial charge in [0.2, 0.25) is 4.32 Å². The smallest absolute Gasteiger partial charge is 0.291 e. The quantitative estimate of drug-likeness (QED) is 0.685. The number of hydrogen-bond donors (Lipinski definition) is 2. The molecule has 0 atom stereocenters. The Kier molecular flexibility index (Phi) is 5.24. The summed E-state index contributed by atoms with van der Waals surface area (Å²) in [4.78, 5) is 0. The number of nitrogens with zero attached hydrogens (tertiary/aromatic N) is 1. The van der Waals surface area contributed by atoms with Crippen molar-refractivity contribution in [2.24, 2.45) is 11.5 Å². The van der Waals surface area contributed by atoms with Gasteiger partial charge in [0.05, 0.1) is 0 Å². The third-order valence-electron chi connectivity index (χ3n) is 1.50. The van der Waals surface area contributed by atoms with E-state index in [0.717, 1.165) is 10.7 Å². The van der Waals surface area contributed by atoms with Crippen LogP contribution in [-0.4, -0.2) is 28.7 Å². The predicted molar refractivity (Wildman–Crippen MR) is 64.1 cm³/mol. The van der Waals surface area contributed by atoms with Crippen molar-refractivity contribution in [1.82, 2.24) is 4.31 Å². The minimum absolute atomic E-state index is 0.214. The summed E-state index contributed by atoms with van der Waals surface area (Å²) >= 11 is 9.02. The average molecular weight is 255 g/mol. The molecule has 0 heterocycles. The molecule has 0 aliphatic heterocycles. The molecule has 0 aromatic carbocycles. The summed E-state index contributed by atoms with van der Waals surface area (Å²) in [6.45, 7) is 2.14. The van der Waals surface area contributed by atoms with Gasteiger partial charge in [-0.05, 0) is 30.9 Å². The minimum atomic E-state index is -3.83. The van der Waals surface area contributed by atoms with E-state index in [9.17, 15) is 8.42 Å². The first-order chi connectivity index (χ1) is 6.34. The van der Waals surface area contributed by atoms with Gasteiger partial charge < -0.3 is 11.5 Å². The molecule has 0 aliphatic rings. The predicted octanol–water partition coefficient (Wildman–Crippen LogP) is -0.0945. The monoisotopic (exact) mass is 255 g/mol. The van der Waals surface area contributed by atoms with Crippen LogP contribution in [0.2, 0.25) is 0 Å². The van der Waals surface area contributed by atoms with E-state index in [1.165, 1.54) is 0 Å². The Balaban J connectivity index is 4.84. The molecule has 0 radical (unpaired) electrons. The van der Waals surface area contributed by atoms with Gasteiger partial charge in [0.25, 0.3) is 10.0 Å². The highest BCUT2D eigenvalue weighted by Gasteiger charge is 2.25. The van der Waals surface area contributed by atoms with Crippen LogP contribution in [-0.2, 0) is 10.0 Å². The van der Waals surface area contributed by atoms with Crippen molar-refractivity contribution in [2.45, 2.75) is 19.8 Å². The maximum Gasteiger partial charge on any atom is 0.291 e. The van der Waals surface area contributed by atoms with Crippen LogP contribution < -0.4 is 11.5 Å². The molecule has 0 saturated carbocycles. The second kappa shape index (κ2) is 5.42. The van der Waals surface area contributed by atoms with Crippen LogP contribution in [0.15, 0.2) is 0 Å². The summed E-state index contributed by atoms with van der Waals surface area (Å²) in [6.07, 6.45) is 1.48. The first-order valence-electron chi connectivity index (χ1n) is 3.95. The Morgan fingerprint density at radius 1 is 1.36 bits per heavy atom. The summed E-state index contributed by atoms with van der Waals surface area (Å²) in [5, 5.41) is -0.230. The van der Waals surface area contributed by atoms with E-state index < -0.39 is 14.3 Å². The molecule has 8 heteroatoms. The number of sulfonamides is 1. The van der Waals surface area contributed by atoms with Gasteiger partial charge in [-0.3, -0.25) is 0 Å². The van der Waals surface area contributed by atoms with Gasteiger partial charge in [0, 0.05) is 6.54 Å². The summed E-state index contributed by atoms with van der Waals surface area (Å²) < 4.78 is 23.2. The zero-order chi connectivity index (χ0) is 11.4. The van der Waals surface area contributed by atoms with Gasteiger partial charge in [0.15, 0.2) is 5.11 Å². The maximum atomic E-state index is 11.5. The zero-order valence-corrected chi connectivity index (χ0v) is 10.2. The second-order valence-electron chi connectivity index (χ2n) is 2.59. The number of thiocarbonyl (C=S) groups is 2. The van der Waals surface area contributed by atoms with Crippen LogP contribution in [0.4, 0.5) is 0 Å². The zero-order valence-electron chi connectivity index (χ0n) is 7.76. The number of rotatable bonds is 3. The number of unbranched alkanes of at least 4 members (excludes halogenated alkanes) is 1. The molecule has 0 bridgehead atoms. The van der Waals surface area contributed by atoms with Crippen LogP contribution in [0.3, 0.4) is 0 Å². The Hall–Kier alpha value is -0.470. The van der Waals surface area contributed by atoms with Crippen LogP contribution in [0.25, 0.3) is 0 Å². The fourth-order valence-corrected chi connectivity index (χ4v) is 2.24. The van der Waals surface area contributed by atoms with Crippen molar-refractivity contribution in [1.29, 1.82) is 0 Å². The largest absolute Gasteiger partial charge is 0.379 e. The lowest BCUT2D eigenvalue weighted by Gasteiger charge is -2.20. The fourth-order valence-electron chi connectivity index (χ4n) is 0.759. The van der Waals surface area contributed by atoms with E-state index in [-0.39, 0.29) is 11.7 Å². The van der Waals surface area contributed by atoms with Gasteiger partial charge >= 0.3 is 0 Å². The highest BCUT2D eigenvalue weighted by Crippen LogP contribution is 2.04. The normalized spacial score (nSPS) is 10.9. The maximum absolute atomic E-state index is 11.5. The lowest BCUT2D eigenvalue weighted by Crippen LogP contribution is -2.45. The Labute approximate surface area is 94.5 Å². The standard InChI is InChI=1S/C6H13N3O2S3/c1-2-3-4-9(5(7)12)14(10,11)6(8)13/h2-4H2,1H3,(H2,7,12)(H2,8,13). The van der Waals surface area contributed by atoms with Crippen molar-refractivity contribution in [3.8, 4) is 0 Å². The molecule has 0 rings (SSSR count). The summed E-state index contributed by atoms with van der Waals surface area (Å²) in [6, 6.07) is 0. The third kappa shape index (κ3) is 3.35. The van der Waals surface area contributed by atoms with Gasteiger partial charge in [-0.25, -0.2) is 4.31 Å². The Morgan fingerprint density at radius 3 is 2.14 bits per heavy atom. The fraction of sp³-hybridized carbons (Fsp3) is 0.667. The first-order valence-corrected chi connectivity index (χ1v) is 6.21. The van der Waals surface area contributed by atoms with Crippen LogP contribution in [0.5, 0.6) is 0 Å². The van der Waals surface area contributed by atoms with Crippen molar-refractivity contribution in [2.75, 3.05) is 6.54 Å². The third-order valence-corrected chi connectivity index (χ3v) is 3.94. The molecule has 82 valence electrons. The van der Waals surface area contributed by atoms with E-state index in [0.29, 0.717) is 6.42 Å². The summed E-state index contributed by atoms with van der Waals surface area (Å²) in [7, 11) is -3.83. The molecule has 0 fully saturated rings. The summed E-state index contributed by atoms with van der Waals surface area (Å²) in [5.74, 6) is 0. The highest BCUT2D eigenvalue weighted by molar-refractivity contribution is 8.16. The molecule has 0 unspecified atom stereocenters. The summed E-state index contributed by atoms with van der Waals surface area (Å²) in [5.41, 5.74) is 10.3. The number of hydrogen-bond acceptors (Lipinski definition) is 4. The van der Waals surface area contributed by atoms with Gasteiger partial charge in [-0.1, -0.05) is 13.3 Å². The van der Waals surface area contributed by atoms with Crippen molar-refractivity contribution >= 4 is 43.9 Å². The van der Waals surface area contributed by atoms with Crippen LogP contribution >= 0.6 is 24.4 Å². The first kappa shape index (κ1) is 13.5. The molecular formula is C6H13N3O2S3. The van der Waals surface area contributed by atoms with Crippen molar-refractivity contribution < 1.29 is 8.42 Å². The minimum Gasteiger partial charge on any atom is -0.379 e. The lowest BCUT2D eigenvalue weighted by atomic mass is 10.3. The average Bonchev–Trinajstić information content (AvgIpc) is 2.03. The Morgan fingerprint density at radius 2 is 1.86 bits per heavy atom. The Bertz CT molecular complexity index is 325. The molecular weight excluding hydrogens is 242 g/mol.